The van der Waals surface area contributed by atoms with E-state index in [1.54, 1.807) is 0 Å². The first-order chi connectivity index (χ1) is 15.3. The lowest BCUT2D eigenvalue weighted by Crippen LogP contribution is -2.46. The van der Waals surface area contributed by atoms with Gasteiger partial charge in [-0.3, -0.25) is 4.90 Å². The van der Waals surface area contributed by atoms with Crippen LogP contribution in [-0.4, -0.2) is 45.7 Å². The summed E-state index contributed by atoms with van der Waals surface area (Å²) in [5.74, 6) is 1.45. The highest BCUT2D eigenvalue weighted by Crippen LogP contribution is 2.44. The fourth-order valence-electron chi connectivity index (χ4n) is 5.36. The summed E-state index contributed by atoms with van der Waals surface area (Å²) < 4.78 is 2.27. The maximum absolute atomic E-state index is 3.99. The van der Waals surface area contributed by atoms with E-state index in [1.165, 1.54) is 39.0 Å². The van der Waals surface area contributed by atoms with Crippen LogP contribution >= 0.6 is 0 Å². The summed E-state index contributed by atoms with van der Waals surface area (Å²) in [5.41, 5.74) is 8.58. The predicted octanol–water partition coefficient (Wildman–Crippen LogP) is 6.27. The Labute approximate surface area is 197 Å². The molecule has 1 fully saturated rings. The van der Waals surface area contributed by atoms with E-state index in [9.17, 15) is 0 Å². The second-order valence-corrected chi connectivity index (χ2v) is 10.7. The minimum atomic E-state index is 0.468. The quantitative estimate of drug-likeness (QED) is 0.415. The molecule has 0 atom stereocenters. The zero-order chi connectivity index (χ0) is 23.0. The highest BCUT2D eigenvalue weighted by atomic mass is 28.2. The molecule has 1 aliphatic rings. The molecule has 169 valence electrons. The summed E-state index contributed by atoms with van der Waals surface area (Å²) in [4.78, 5) is 5.26. The van der Waals surface area contributed by atoms with Crippen molar-refractivity contribution in [2.45, 2.75) is 65.8 Å². The lowest BCUT2D eigenvalue weighted by Gasteiger charge is -2.38. The zero-order valence-electron chi connectivity index (χ0n) is 20.7. The minimum absolute atomic E-state index is 0.468. The van der Waals surface area contributed by atoms with Crippen LogP contribution in [0.1, 0.15) is 81.7 Å². The summed E-state index contributed by atoms with van der Waals surface area (Å²) >= 11 is 0. The van der Waals surface area contributed by atoms with E-state index in [0.717, 1.165) is 32.7 Å². The van der Waals surface area contributed by atoms with Crippen LogP contribution in [0.15, 0.2) is 42.5 Å². The van der Waals surface area contributed by atoms with Crippen molar-refractivity contribution in [2.24, 2.45) is 0 Å². The Morgan fingerprint density at radius 3 is 2.00 bits per heavy atom. The van der Waals surface area contributed by atoms with Crippen LogP contribution in [-0.2, 0) is 6.54 Å². The number of benzene rings is 2. The van der Waals surface area contributed by atoms with Gasteiger partial charge in [-0.2, -0.15) is 0 Å². The molecule has 0 N–H and O–H groups in total. The summed E-state index contributed by atoms with van der Waals surface area (Å²) in [5, 5.41) is 1.46. The molecule has 2 aromatic carbocycles. The Morgan fingerprint density at radius 2 is 1.44 bits per heavy atom. The van der Waals surface area contributed by atoms with Crippen molar-refractivity contribution in [3.63, 3.8) is 0 Å². The van der Waals surface area contributed by atoms with Gasteiger partial charge in [-0.1, -0.05) is 77.9 Å². The second-order valence-electron chi connectivity index (χ2n) is 10.2. The number of fused-ring (bicyclic) bond motifs is 1. The smallest absolute Gasteiger partial charge is 0.195 e. The van der Waals surface area contributed by atoms with Crippen molar-refractivity contribution in [3.8, 4) is 0 Å². The Morgan fingerprint density at radius 1 is 0.781 bits per heavy atom. The summed E-state index contributed by atoms with van der Waals surface area (Å²) in [6.45, 7) is 19.4. The monoisotopic (exact) mass is 444 g/mol. The van der Waals surface area contributed by atoms with E-state index in [0.29, 0.717) is 17.8 Å². The van der Waals surface area contributed by atoms with Gasteiger partial charge in [0.1, 0.15) is 0 Å². The fourth-order valence-corrected chi connectivity index (χ4v) is 5.92. The van der Waals surface area contributed by atoms with Gasteiger partial charge in [0, 0.05) is 55.0 Å². The number of rotatable bonds is 6. The number of hydrogen-bond acceptors (Lipinski definition) is 2. The number of piperazine rings is 1. The molecular weight excluding hydrogens is 406 g/mol. The maximum atomic E-state index is 3.99. The molecule has 0 spiro atoms. The van der Waals surface area contributed by atoms with Crippen molar-refractivity contribution < 1.29 is 0 Å². The first-order valence-electron chi connectivity index (χ1n) is 12.2. The molecule has 0 unspecified atom stereocenters. The van der Waals surface area contributed by atoms with Gasteiger partial charge in [-0.15, -0.1) is 0 Å². The largest absolute Gasteiger partial charge is 0.373 e. The van der Waals surface area contributed by atoms with Crippen molar-refractivity contribution in [1.29, 1.82) is 0 Å². The minimum Gasteiger partial charge on any atom is -0.373 e. The van der Waals surface area contributed by atoms with Crippen molar-refractivity contribution in [3.05, 3.63) is 64.8 Å². The van der Waals surface area contributed by atoms with E-state index in [4.69, 9.17) is 0 Å². The molecule has 3 aromatic rings. The number of nitrogens with zero attached hydrogens (tertiary/aromatic N) is 3. The topological polar surface area (TPSA) is 11.4 Å². The zero-order valence-corrected chi connectivity index (χ0v) is 21.7. The molecule has 0 aliphatic carbocycles. The normalized spacial score (nSPS) is 15.6. The average molecular weight is 445 g/mol. The third-order valence-electron chi connectivity index (χ3n) is 6.90. The van der Waals surface area contributed by atoms with Gasteiger partial charge in [0.2, 0.25) is 0 Å². The molecular formula is C28H38N3Si. The van der Waals surface area contributed by atoms with E-state index in [1.807, 2.05) is 0 Å². The Hall–Kier alpha value is -2.04. The highest BCUT2D eigenvalue weighted by Gasteiger charge is 2.28. The summed E-state index contributed by atoms with van der Waals surface area (Å²) in [6.07, 6.45) is 0. The van der Waals surface area contributed by atoms with Crippen molar-refractivity contribution in [1.82, 2.24) is 9.13 Å². The molecule has 1 aliphatic heterocycles. The van der Waals surface area contributed by atoms with E-state index >= 15 is 0 Å². The van der Waals surface area contributed by atoms with E-state index in [-0.39, 0.29) is 0 Å². The van der Waals surface area contributed by atoms with Gasteiger partial charge in [0.05, 0.1) is 0 Å². The summed E-state index contributed by atoms with van der Waals surface area (Å²) in [7, 11) is 3.99. The third kappa shape index (κ3) is 4.27. The third-order valence-corrected chi connectivity index (χ3v) is 7.38. The van der Waals surface area contributed by atoms with Gasteiger partial charge in [-0.25, -0.2) is 0 Å². The molecule has 1 saturated heterocycles. The van der Waals surface area contributed by atoms with Crippen LogP contribution < -0.4 is 4.90 Å². The van der Waals surface area contributed by atoms with Gasteiger partial charge < -0.3 is 9.13 Å². The predicted molar refractivity (Wildman–Crippen MR) is 139 cm³/mol. The maximum Gasteiger partial charge on any atom is 0.195 e. The lowest BCUT2D eigenvalue weighted by molar-refractivity contribution is 0.250. The standard InChI is InChI=1S/C28H38N3Si/c1-19(2)23-12-13-24-26(25(20(3)4)27(21(5)6)31(24)32)28(23)30-16-14-29(15-17-30)18-22-10-8-7-9-11-22/h7-13,19-21H,14-18H2,1-6H3. The number of anilines is 1. The van der Waals surface area contributed by atoms with Crippen LogP contribution in [0.3, 0.4) is 0 Å². The number of hydrogen-bond donors (Lipinski definition) is 0. The molecule has 0 bridgehead atoms. The van der Waals surface area contributed by atoms with Crippen LogP contribution in [0, 0.1) is 0 Å². The van der Waals surface area contributed by atoms with Crippen LogP contribution in [0.25, 0.3) is 10.9 Å². The Bertz CT molecular complexity index is 1060. The molecule has 32 heavy (non-hydrogen) atoms. The Kier molecular flexibility index (Phi) is 6.82. The fraction of sp³-hybridized carbons (Fsp3) is 0.500. The van der Waals surface area contributed by atoms with Gasteiger partial charge >= 0.3 is 0 Å². The second kappa shape index (κ2) is 9.44. The van der Waals surface area contributed by atoms with Crippen molar-refractivity contribution >= 4 is 27.0 Å². The molecule has 2 heterocycles. The van der Waals surface area contributed by atoms with E-state index in [2.05, 4.69) is 108 Å². The van der Waals surface area contributed by atoms with Gasteiger partial charge in [-0.05, 0) is 40.5 Å². The molecule has 3 radical (unpaired) electrons. The van der Waals surface area contributed by atoms with Crippen LogP contribution in [0.4, 0.5) is 5.69 Å². The molecule has 4 heteroatoms. The first kappa shape index (κ1) is 23.1. The molecule has 3 nitrogen and oxygen atoms in total. The summed E-state index contributed by atoms with van der Waals surface area (Å²) in [6, 6.07) is 15.6. The number of aromatic nitrogens is 1. The highest BCUT2D eigenvalue weighted by molar-refractivity contribution is 6.15. The first-order valence-corrected chi connectivity index (χ1v) is 12.7. The van der Waals surface area contributed by atoms with Crippen LogP contribution in [0.5, 0.6) is 0 Å². The molecule has 1 aromatic heterocycles. The SMILES string of the molecule is CC(C)c1ccc2c(c(C(C)C)c(C(C)C)n2[Si])c1N1CCN(Cc2ccccc2)CC1. The van der Waals surface area contributed by atoms with Crippen molar-refractivity contribution in [2.75, 3.05) is 31.1 Å². The molecule has 4 rings (SSSR count). The van der Waals surface area contributed by atoms with Gasteiger partial charge in [0.25, 0.3) is 0 Å². The lowest BCUT2D eigenvalue weighted by atomic mass is 9.90. The van der Waals surface area contributed by atoms with Gasteiger partial charge in [0.15, 0.2) is 10.4 Å². The average Bonchev–Trinajstić information content (AvgIpc) is 3.07. The Balaban J connectivity index is 1.74. The van der Waals surface area contributed by atoms with Crippen LogP contribution in [0.2, 0.25) is 0 Å². The molecule has 0 saturated carbocycles. The molecule has 0 amide bonds. The van der Waals surface area contributed by atoms with E-state index < -0.39 is 0 Å².